The van der Waals surface area contributed by atoms with Crippen molar-refractivity contribution in [2.45, 2.75) is 78.3 Å². The van der Waals surface area contributed by atoms with Gasteiger partial charge in [0.1, 0.15) is 5.75 Å². The van der Waals surface area contributed by atoms with E-state index in [9.17, 15) is 14.7 Å². The largest absolute Gasteiger partial charge is 0.507 e. The number of phenolic OH excluding ortho intramolecular Hbond substituents is 1. The van der Waals surface area contributed by atoms with E-state index in [0.29, 0.717) is 24.2 Å². The van der Waals surface area contributed by atoms with Gasteiger partial charge in [0.15, 0.2) is 0 Å². The molecule has 5 N–H and O–H groups in total. The van der Waals surface area contributed by atoms with Gasteiger partial charge in [-0.2, -0.15) is 0 Å². The highest BCUT2D eigenvalue weighted by Crippen LogP contribution is 2.27. The first kappa shape index (κ1) is 26.1. The first-order valence-corrected chi connectivity index (χ1v) is 11.8. The van der Waals surface area contributed by atoms with Crippen LogP contribution in [0.4, 0.5) is 9.59 Å². The fourth-order valence-electron chi connectivity index (χ4n) is 2.97. The number of carbonyl (C=O) groups excluding carboxylic acids is 2. The first-order valence-electron chi connectivity index (χ1n) is 11.0. The quantitative estimate of drug-likeness (QED) is 0.242. The van der Waals surface area contributed by atoms with Crippen LogP contribution in [-0.2, 0) is 13.1 Å². The van der Waals surface area contributed by atoms with Crippen LogP contribution in [0.5, 0.6) is 5.75 Å². The fourth-order valence-corrected chi connectivity index (χ4v) is 3.52. The lowest BCUT2D eigenvalue weighted by Gasteiger charge is -2.14. The third-order valence-electron chi connectivity index (χ3n) is 4.74. The Morgan fingerprint density at radius 2 is 1.20 bits per heavy atom. The topological polar surface area (TPSA) is 102 Å². The van der Waals surface area contributed by atoms with Gasteiger partial charge in [0.2, 0.25) is 0 Å². The molecule has 0 fully saturated rings. The predicted molar refractivity (Wildman–Crippen MR) is 125 cm³/mol. The molecule has 30 heavy (non-hydrogen) atoms. The highest BCUT2D eigenvalue weighted by atomic mass is 79.9. The summed E-state index contributed by atoms with van der Waals surface area (Å²) in [7, 11) is 0. The van der Waals surface area contributed by atoms with Crippen molar-refractivity contribution in [3.8, 4) is 5.75 Å². The second kappa shape index (κ2) is 15.8. The van der Waals surface area contributed by atoms with Crippen LogP contribution in [0.25, 0.3) is 0 Å². The molecule has 1 aromatic carbocycles. The van der Waals surface area contributed by atoms with Gasteiger partial charge in [-0.25, -0.2) is 9.59 Å². The number of rotatable bonds is 14. The lowest BCUT2D eigenvalue weighted by molar-refractivity contribution is 0.239. The van der Waals surface area contributed by atoms with E-state index in [1.807, 2.05) is 0 Å². The highest BCUT2D eigenvalue weighted by molar-refractivity contribution is 9.10. The molecular weight excluding hydrogens is 448 g/mol. The number of benzene rings is 1. The molecule has 1 aromatic rings. The third-order valence-corrected chi connectivity index (χ3v) is 5.20. The molecule has 0 heterocycles. The normalized spacial score (nSPS) is 10.5. The van der Waals surface area contributed by atoms with Crippen LogP contribution in [0.1, 0.15) is 76.3 Å². The first-order chi connectivity index (χ1) is 14.5. The van der Waals surface area contributed by atoms with Crippen LogP contribution in [0, 0.1) is 0 Å². The average molecular weight is 485 g/mol. The summed E-state index contributed by atoms with van der Waals surface area (Å²) in [5, 5.41) is 21.7. The number of carbonyl (C=O) groups is 2. The van der Waals surface area contributed by atoms with Crippen molar-refractivity contribution in [2.75, 3.05) is 13.1 Å². The van der Waals surface area contributed by atoms with Gasteiger partial charge in [0, 0.05) is 41.8 Å². The van der Waals surface area contributed by atoms with Crippen LogP contribution < -0.4 is 21.3 Å². The zero-order chi connectivity index (χ0) is 22.2. The minimum Gasteiger partial charge on any atom is -0.507 e. The molecule has 8 heteroatoms. The Morgan fingerprint density at radius 1 is 0.767 bits per heavy atom. The van der Waals surface area contributed by atoms with Gasteiger partial charge in [-0.3, -0.25) is 0 Å². The fraction of sp³-hybridized carbons (Fsp3) is 0.636. The molecule has 7 nitrogen and oxygen atoms in total. The van der Waals surface area contributed by atoms with Crippen molar-refractivity contribution in [1.29, 1.82) is 0 Å². The highest BCUT2D eigenvalue weighted by Gasteiger charge is 2.12. The molecular formula is C22H37BrN4O3. The second-order valence-corrected chi connectivity index (χ2v) is 8.33. The van der Waals surface area contributed by atoms with E-state index >= 15 is 0 Å². The number of phenols is 1. The van der Waals surface area contributed by atoms with Gasteiger partial charge in [-0.05, 0) is 25.0 Å². The number of halogens is 1. The number of hydrogen-bond donors (Lipinski definition) is 5. The molecule has 4 amide bonds. The van der Waals surface area contributed by atoms with Crippen molar-refractivity contribution in [3.05, 3.63) is 27.7 Å². The van der Waals surface area contributed by atoms with Crippen LogP contribution >= 0.6 is 15.9 Å². The van der Waals surface area contributed by atoms with Crippen molar-refractivity contribution < 1.29 is 14.7 Å². The predicted octanol–water partition coefficient (Wildman–Crippen LogP) is 4.91. The molecule has 0 aliphatic carbocycles. The average Bonchev–Trinajstić information content (AvgIpc) is 2.72. The lowest BCUT2D eigenvalue weighted by Crippen LogP contribution is -2.36. The Kier molecular flexibility index (Phi) is 13.8. The van der Waals surface area contributed by atoms with E-state index in [1.165, 1.54) is 12.8 Å². The van der Waals surface area contributed by atoms with Gasteiger partial charge in [0.25, 0.3) is 0 Å². The molecule has 0 radical (unpaired) electrons. The summed E-state index contributed by atoms with van der Waals surface area (Å²) in [5.74, 6) is 0.0738. The van der Waals surface area contributed by atoms with E-state index in [-0.39, 0.29) is 30.9 Å². The van der Waals surface area contributed by atoms with Gasteiger partial charge in [0.05, 0.1) is 0 Å². The van der Waals surface area contributed by atoms with E-state index < -0.39 is 0 Å². The maximum Gasteiger partial charge on any atom is 0.315 e. The Morgan fingerprint density at radius 3 is 1.60 bits per heavy atom. The smallest absolute Gasteiger partial charge is 0.315 e. The summed E-state index contributed by atoms with van der Waals surface area (Å²) < 4.78 is 0.772. The summed E-state index contributed by atoms with van der Waals surface area (Å²) in [4.78, 5) is 23.9. The number of urea groups is 2. The Balaban J connectivity index is 2.44. The van der Waals surface area contributed by atoms with Crippen LogP contribution in [0.3, 0.4) is 0 Å². The van der Waals surface area contributed by atoms with E-state index in [0.717, 1.165) is 43.0 Å². The SMILES string of the molecule is CCCCCCNC(=O)NCc1cc(Br)cc(CNC(=O)NCCCCCC)c1O. The number of amides is 4. The molecule has 0 unspecified atom stereocenters. The second-order valence-electron chi connectivity index (χ2n) is 7.41. The molecule has 170 valence electrons. The zero-order valence-electron chi connectivity index (χ0n) is 18.3. The van der Waals surface area contributed by atoms with E-state index in [1.54, 1.807) is 12.1 Å². The lowest BCUT2D eigenvalue weighted by atomic mass is 10.1. The molecule has 0 spiro atoms. The molecule has 0 saturated heterocycles. The summed E-state index contributed by atoms with van der Waals surface area (Å²) in [6.07, 6.45) is 8.78. The zero-order valence-corrected chi connectivity index (χ0v) is 19.9. The van der Waals surface area contributed by atoms with Crippen LogP contribution in [0.15, 0.2) is 16.6 Å². The molecule has 0 aliphatic heterocycles. The summed E-state index contributed by atoms with van der Waals surface area (Å²) >= 11 is 3.43. The Labute approximate surface area is 188 Å². The van der Waals surface area contributed by atoms with Gasteiger partial charge in [-0.1, -0.05) is 68.3 Å². The minimum absolute atomic E-state index is 0.0738. The van der Waals surface area contributed by atoms with Gasteiger partial charge >= 0.3 is 12.1 Å². The van der Waals surface area contributed by atoms with Crippen LogP contribution in [-0.4, -0.2) is 30.3 Å². The number of aromatic hydroxyl groups is 1. The van der Waals surface area contributed by atoms with Crippen molar-refractivity contribution in [3.63, 3.8) is 0 Å². The molecule has 1 rings (SSSR count). The van der Waals surface area contributed by atoms with E-state index in [2.05, 4.69) is 51.0 Å². The maximum atomic E-state index is 11.9. The van der Waals surface area contributed by atoms with Crippen molar-refractivity contribution in [1.82, 2.24) is 21.3 Å². The standard InChI is InChI=1S/C22H37BrN4O3/c1-3-5-7-9-11-24-21(29)26-15-17-13-19(23)14-18(20(17)28)16-27-22(30)25-12-10-8-6-4-2/h13-14,28H,3-12,15-16H2,1-2H3,(H2,24,26,29)(H2,25,27,30). The number of unbranched alkanes of at least 4 members (excludes halogenated alkanes) is 6. The molecule has 0 bridgehead atoms. The maximum absolute atomic E-state index is 11.9. The van der Waals surface area contributed by atoms with Crippen molar-refractivity contribution >= 4 is 28.0 Å². The minimum atomic E-state index is -0.256. The molecule has 0 aromatic heterocycles. The molecule has 0 saturated carbocycles. The monoisotopic (exact) mass is 484 g/mol. The van der Waals surface area contributed by atoms with Gasteiger partial charge in [-0.15, -0.1) is 0 Å². The Hall–Kier alpha value is -1.96. The van der Waals surface area contributed by atoms with E-state index in [4.69, 9.17) is 0 Å². The summed E-state index contributed by atoms with van der Waals surface area (Å²) in [5.41, 5.74) is 1.17. The van der Waals surface area contributed by atoms with Crippen molar-refractivity contribution in [2.24, 2.45) is 0 Å². The molecule has 0 aliphatic rings. The molecule has 0 atom stereocenters. The third kappa shape index (κ3) is 11.3. The number of nitrogens with one attached hydrogen (secondary N) is 4. The van der Waals surface area contributed by atoms with Crippen LogP contribution in [0.2, 0.25) is 0 Å². The number of hydrogen-bond acceptors (Lipinski definition) is 3. The van der Waals surface area contributed by atoms with Gasteiger partial charge < -0.3 is 26.4 Å². The summed E-state index contributed by atoms with van der Waals surface area (Å²) in [6, 6.07) is 3.00. The Bertz CT molecular complexity index is 604. The summed E-state index contributed by atoms with van der Waals surface area (Å²) in [6.45, 7) is 5.97.